The van der Waals surface area contributed by atoms with Gasteiger partial charge in [-0.05, 0) is 81.5 Å². The number of hydrogen-bond acceptors (Lipinski definition) is 5. The van der Waals surface area contributed by atoms with Crippen LogP contribution in [0, 0.1) is 12.8 Å². The monoisotopic (exact) mass is 514 g/mol. The number of aromatic nitrogens is 2. The van der Waals surface area contributed by atoms with E-state index >= 15 is 0 Å². The fourth-order valence-electron chi connectivity index (χ4n) is 5.12. The molecule has 7 nitrogen and oxygen atoms in total. The molecule has 2 fully saturated rings. The third kappa shape index (κ3) is 5.34. The lowest BCUT2D eigenvalue weighted by Gasteiger charge is -2.35. The van der Waals surface area contributed by atoms with Crippen LogP contribution in [0.4, 0.5) is 18.9 Å². The van der Waals surface area contributed by atoms with E-state index in [1.54, 1.807) is 29.2 Å². The van der Waals surface area contributed by atoms with Crippen molar-refractivity contribution in [3.63, 3.8) is 0 Å². The molecule has 3 aromatic rings. The largest absolute Gasteiger partial charge is 0.416 e. The summed E-state index contributed by atoms with van der Waals surface area (Å²) in [5, 5.41) is 3.37. The van der Waals surface area contributed by atoms with Gasteiger partial charge in [-0.3, -0.25) is 9.59 Å². The van der Waals surface area contributed by atoms with Crippen LogP contribution in [0.3, 0.4) is 0 Å². The van der Waals surface area contributed by atoms with Crippen LogP contribution in [0.5, 0.6) is 0 Å². The van der Waals surface area contributed by atoms with Crippen molar-refractivity contribution in [2.75, 3.05) is 18.4 Å². The Bertz CT molecular complexity index is 1370. The molecule has 1 amide bonds. The third-order valence-electron chi connectivity index (χ3n) is 6.89. The Morgan fingerprint density at radius 3 is 2.38 bits per heavy atom. The van der Waals surface area contributed by atoms with Crippen molar-refractivity contribution >= 4 is 22.5 Å². The fourth-order valence-corrected chi connectivity index (χ4v) is 5.12. The molecule has 196 valence electrons. The lowest BCUT2D eigenvalue weighted by molar-refractivity contribution is -0.138. The van der Waals surface area contributed by atoms with Gasteiger partial charge in [-0.2, -0.15) is 13.2 Å². The molecule has 10 heteroatoms. The van der Waals surface area contributed by atoms with E-state index in [-0.39, 0.29) is 46.3 Å². The first-order chi connectivity index (χ1) is 17.5. The predicted molar refractivity (Wildman–Crippen MR) is 134 cm³/mol. The lowest BCUT2D eigenvalue weighted by atomic mass is 9.94. The number of ether oxygens (including phenoxy) is 1. The molecule has 2 N–H and O–H groups in total. The Kier molecular flexibility index (Phi) is 6.47. The summed E-state index contributed by atoms with van der Waals surface area (Å²) in [6.45, 7) is 6.39. The summed E-state index contributed by atoms with van der Waals surface area (Å²) in [5.74, 6) is 0.141. The SMILES string of the molecule is Cc1nc2cc(C(F)(F)F)c(C(Nc3ccc(C(=O)N4CC(C)OC(C)C4)cc3)C3CC3)cc2c(=O)[nH]1. The standard InChI is InChI=1S/C27H29F3N4O3/c1-14-12-34(13-15(2)37-14)26(36)18-6-8-19(9-7-18)33-24(17-4-5-17)20-10-21-23(11-22(20)27(28,29)30)31-16(3)32-25(21)35/h6-11,14-15,17,24,33H,4-5,12-13H2,1-3H3,(H,31,32,35). The molecule has 1 saturated heterocycles. The summed E-state index contributed by atoms with van der Waals surface area (Å²) in [6, 6.07) is 8.42. The predicted octanol–water partition coefficient (Wildman–Crippen LogP) is 5.06. The maximum atomic E-state index is 14.1. The molecule has 0 spiro atoms. The van der Waals surface area contributed by atoms with Crippen molar-refractivity contribution < 1.29 is 22.7 Å². The highest BCUT2D eigenvalue weighted by molar-refractivity contribution is 5.94. The van der Waals surface area contributed by atoms with Gasteiger partial charge in [-0.25, -0.2) is 4.98 Å². The number of carbonyl (C=O) groups excluding carboxylic acids is 1. The van der Waals surface area contributed by atoms with E-state index in [0.717, 1.165) is 18.9 Å². The minimum Gasteiger partial charge on any atom is -0.378 e. The second-order valence-electron chi connectivity index (χ2n) is 10.1. The zero-order valence-corrected chi connectivity index (χ0v) is 20.9. The number of carbonyl (C=O) groups is 1. The normalized spacial score (nSPS) is 21.2. The number of rotatable bonds is 5. The number of H-pyrrole nitrogens is 1. The Balaban J connectivity index is 1.45. The number of aryl methyl sites for hydroxylation is 1. The molecule has 2 aromatic carbocycles. The van der Waals surface area contributed by atoms with Crippen molar-refractivity contribution in [3.05, 3.63) is 69.3 Å². The van der Waals surface area contributed by atoms with Gasteiger partial charge >= 0.3 is 6.18 Å². The number of fused-ring (bicyclic) bond motifs is 1. The van der Waals surface area contributed by atoms with Gasteiger partial charge in [-0.15, -0.1) is 0 Å². The highest BCUT2D eigenvalue weighted by Gasteiger charge is 2.41. The molecule has 2 aliphatic rings. The van der Waals surface area contributed by atoms with Crippen LogP contribution in [-0.2, 0) is 10.9 Å². The molecule has 0 bridgehead atoms. The number of nitrogens with one attached hydrogen (secondary N) is 2. The number of nitrogens with zero attached hydrogens (tertiary/aromatic N) is 2. The first-order valence-corrected chi connectivity index (χ1v) is 12.4. The molecule has 2 heterocycles. The summed E-state index contributed by atoms with van der Waals surface area (Å²) in [6.07, 6.45) is -3.16. The van der Waals surface area contributed by atoms with Gasteiger partial charge in [-0.1, -0.05) is 0 Å². The number of hydrogen-bond donors (Lipinski definition) is 2. The summed E-state index contributed by atoms with van der Waals surface area (Å²) in [7, 11) is 0. The Morgan fingerprint density at radius 1 is 1.14 bits per heavy atom. The van der Waals surface area contributed by atoms with E-state index in [4.69, 9.17) is 4.74 Å². The number of anilines is 1. The molecule has 1 aliphatic carbocycles. The lowest BCUT2D eigenvalue weighted by Crippen LogP contribution is -2.48. The fraction of sp³-hybridized carbons (Fsp3) is 0.444. The van der Waals surface area contributed by atoms with Crippen molar-refractivity contribution in [2.45, 2.75) is 58.0 Å². The van der Waals surface area contributed by atoms with E-state index in [9.17, 15) is 22.8 Å². The van der Waals surface area contributed by atoms with Crippen molar-refractivity contribution in [3.8, 4) is 0 Å². The highest BCUT2D eigenvalue weighted by atomic mass is 19.4. The van der Waals surface area contributed by atoms with Crippen molar-refractivity contribution in [1.29, 1.82) is 0 Å². The number of amides is 1. The van der Waals surface area contributed by atoms with Gasteiger partial charge in [0.2, 0.25) is 0 Å². The Morgan fingerprint density at radius 2 is 1.78 bits per heavy atom. The first-order valence-electron chi connectivity index (χ1n) is 12.4. The van der Waals surface area contributed by atoms with Gasteiger partial charge < -0.3 is 19.9 Å². The van der Waals surface area contributed by atoms with Crippen molar-refractivity contribution in [2.24, 2.45) is 5.92 Å². The van der Waals surface area contributed by atoms with E-state index in [2.05, 4.69) is 15.3 Å². The second kappa shape index (κ2) is 9.48. The number of morpholine rings is 1. The summed E-state index contributed by atoms with van der Waals surface area (Å²) >= 11 is 0. The van der Waals surface area contributed by atoms with E-state index in [0.29, 0.717) is 24.3 Å². The van der Waals surface area contributed by atoms with Gasteiger partial charge in [0.1, 0.15) is 5.82 Å². The molecular formula is C27H29F3N4O3. The molecule has 3 atom stereocenters. The number of aromatic amines is 1. The summed E-state index contributed by atoms with van der Waals surface area (Å²) in [5.41, 5.74) is -0.131. The molecular weight excluding hydrogens is 485 g/mol. The molecule has 5 rings (SSSR count). The first kappa shape index (κ1) is 25.3. The van der Waals surface area contributed by atoms with E-state index < -0.39 is 23.3 Å². The Hall–Kier alpha value is -3.40. The van der Waals surface area contributed by atoms with Crippen LogP contribution in [0.2, 0.25) is 0 Å². The summed E-state index contributed by atoms with van der Waals surface area (Å²) in [4.78, 5) is 33.9. The van der Waals surface area contributed by atoms with Crippen LogP contribution < -0.4 is 10.9 Å². The topological polar surface area (TPSA) is 87.3 Å². The third-order valence-corrected chi connectivity index (χ3v) is 6.89. The maximum absolute atomic E-state index is 14.1. The minimum absolute atomic E-state index is 0.00586. The van der Waals surface area contributed by atoms with Crippen LogP contribution in [-0.4, -0.2) is 46.1 Å². The Labute approximate surface area is 212 Å². The van der Waals surface area contributed by atoms with Crippen LogP contribution >= 0.6 is 0 Å². The van der Waals surface area contributed by atoms with Crippen LogP contribution in [0.1, 0.15) is 60.0 Å². The minimum atomic E-state index is -4.61. The van der Waals surface area contributed by atoms with Gasteiger partial charge in [0.25, 0.3) is 11.5 Å². The molecule has 37 heavy (non-hydrogen) atoms. The zero-order chi connectivity index (χ0) is 26.5. The van der Waals surface area contributed by atoms with Gasteiger partial charge in [0.05, 0.1) is 34.7 Å². The average molecular weight is 515 g/mol. The number of alkyl halides is 3. The molecule has 0 radical (unpaired) electrons. The summed E-state index contributed by atoms with van der Waals surface area (Å²) < 4.78 is 48.1. The van der Waals surface area contributed by atoms with E-state index in [1.807, 2.05) is 13.8 Å². The highest BCUT2D eigenvalue weighted by Crippen LogP contribution is 2.47. The maximum Gasteiger partial charge on any atom is 0.416 e. The average Bonchev–Trinajstić information content (AvgIpc) is 3.66. The molecule has 3 unspecified atom stereocenters. The van der Waals surface area contributed by atoms with Gasteiger partial charge in [0.15, 0.2) is 0 Å². The van der Waals surface area contributed by atoms with Crippen LogP contribution in [0.25, 0.3) is 10.9 Å². The quantitative estimate of drug-likeness (QED) is 0.497. The molecule has 1 aliphatic heterocycles. The zero-order valence-electron chi connectivity index (χ0n) is 20.9. The van der Waals surface area contributed by atoms with Crippen molar-refractivity contribution in [1.82, 2.24) is 14.9 Å². The van der Waals surface area contributed by atoms with E-state index in [1.165, 1.54) is 13.0 Å². The number of benzene rings is 2. The van der Waals surface area contributed by atoms with Crippen LogP contribution in [0.15, 0.2) is 41.2 Å². The molecule has 1 aromatic heterocycles. The number of halogens is 3. The smallest absolute Gasteiger partial charge is 0.378 e. The molecule has 1 saturated carbocycles. The second-order valence-corrected chi connectivity index (χ2v) is 10.1. The van der Waals surface area contributed by atoms with Gasteiger partial charge in [0, 0.05) is 24.3 Å².